The lowest BCUT2D eigenvalue weighted by Crippen LogP contribution is -2.13. The minimum absolute atomic E-state index is 0.0796. The number of carbonyl (C=O) groups excluding carboxylic acids is 1. The summed E-state index contributed by atoms with van der Waals surface area (Å²) in [5.74, 6) is -0.118. The summed E-state index contributed by atoms with van der Waals surface area (Å²) in [4.78, 5) is 19.8. The molecule has 0 saturated carbocycles. The van der Waals surface area contributed by atoms with Crippen LogP contribution in [0.4, 0.5) is 5.82 Å². The first kappa shape index (κ1) is 13.0. The quantitative estimate of drug-likeness (QED) is 0.829. The van der Waals surface area contributed by atoms with Crippen LogP contribution in [0, 0.1) is 13.8 Å². The maximum Gasteiger partial charge on any atom is 0.343 e. The SMILES string of the molecule is CCOC(=O)c1cnc(-n2nc(C)cc2C)nc1N. The van der Waals surface area contributed by atoms with Crippen LogP contribution in [-0.4, -0.2) is 32.3 Å². The van der Waals surface area contributed by atoms with Crippen LogP contribution in [0.5, 0.6) is 0 Å². The van der Waals surface area contributed by atoms with Crippen molar-refractivity contribution >= 4 is 11.8 Å². The van der Waals surface area contributed by atoms with E-state index in [9.17, 15) is 4.79 Å². The summed E-state index contributed by atoms with van der Waals surface area (Å²) in [6.07, 6.45) is 1.35. The van der Waals surface area contributed by atoms with E-state index in [1.165, 1.54) is 6.20 Å². The summed E-state index contributed by atoms with van der Waals surface area (Å²) in [7, 11) is 0. The van der Waals surface area contributed by atoms with Crippen LogP contribution in [0.15, 0.2) is 12.3 Å². The molecule has 2 heterocycles. The van der Waals surface area contributed by atoms with Gasteiger partial charge in [0.05, 0.1) is 12.3 Å². The second-order valence-corrected chi connectivity index (χ2v) is 4.03. The third-order valence-electron chi connectivity index (χ3n) is 2.50. The molecule has 0 aliphatic rings. The fourth-order valence-electron chi connectivity index (χ4n) is 1.68. The Balaban J connectivity index is 2.39. The molecular weight excluding hydrogens is 246 g/mol. The van der Waals surface area contributed by atoms with Crippen molar-refractivity contribution in [2.45, 2.75) is 20.8 Å². The van der Waals surface area contributed by atoms with Crippen molar-refractivity contribution in [3.05, 3.63) is 29.2 Å². The van der Waals surface area contributed by atoms with E-state index in [4.69, 9.17) is 10.5 Å². The van der Waals surface area contributed by atoms with Crippen LogP contribution < -0.4 is 5.73 Å². The van der Waals surface area contributed by atoms with Crippen LogP contribution in [0.3, 0.4) is 0 Å². The van der Waals surface area contributed by atoms with Gasteiger partial charge in [0.15, 0.2) is 0 Å². The average molecular weight is 261 g/mol. The summed E-state index contributed by atoms with van der Waals surface area (Å²) >= 11 is 0. The van der Waals surface area contributed by atoms with Crippen molar-refractivity contribution in [2.24, 2.45) is 0 Å². The number of anilines is 1. The highest BCUT2D eigenvalue weighted by Gasteiger charge is 2.15. The Labute approximate surface area is 110 Å². The molecule has 0 radical (unpaired) electrons. The van der Waals surface area contributed by atoms with Gasteiger partial charge < -0.3 is 10.5 Å². The van der Waals surface area contributed by atoms with Gasteiger partial charge in [-0.2, -0.15) is 10.1 Å². The number of aryl methyl sites for hydroxylation is 2. The number of hydrogen-bond donors (Lipinski definition) is 1. The number of hydrogen-bond acceptors (Lipinski definition) is 6. The van der Waals surface area contributed by atoms with E-state index in [2.05, 4.69) is 15.1 Å². The smallest absolute Gasteiger partial charge is 0.343 e. The van der Waals surface area contributed by atoms with Crippen molar-refractivity contribution in [3.8, 4) is 5.95 Å². The number of carbonyl (C=O) groups is 1. The molecule has 2 rings (SSSR count). The predicted molar refractivity (Wildman–Crippen MR) is 69.0 cm³/mol. The molecule has 2 aromatic heterocycles. The van der Waals surface area contributed by atoms with Gasteiger partial charge in [0.1, 0.15) is 11.4 Å². The molecule has 0 bridgehead atoms. The van der Waals surface area contributed by atoms with E-state index in [1.54, 1.807) is 11.6 Å². The molecule has 19 heavy (non-hydrogen) atoms. The molecule has 7 nitrogen and oxygen atoms in total. The van der Waals surface area contributed by atoms with Gasteiger partial charge in [0, 0.05) is 11.9 Å². The van der Waals surface area contributed by atoms with Crippen molar-refractivity contribution < 1.29 is 9.53 Å². The average Bonchev–Trinajstić information content (AvgIpc) is 2.68. The number of nitrogen functional groups attached to an aromatic ring is 1. The summed E-state index contributed by atoms with van der Waals surface area (Å²) in [6, 6.07) is 1.90. The Morgan fingerprint density at radius 2 is 2.21 bits per heavy atom. The molecule has 0 saturated heterocycles. The van der Waals surface area contributed by atoms with Gasteiger partial charge in [0.2, 0.25) is 0 Å². The molecule has 0 atom stereocenters. The molecule has 0 spiro atoms. The normalized spacial score (nSPS) is 10.5. The monoisotopic (exact) mass is 261 g/mol. The standard InChI is InChI=1S/C12H15N5O2/c1-4-19-11(18)9-6-14-12(15-10(9)13)17-8(3)5-7(2)16-17/h5-6H,4H2,1-3H3,(H2,13,14,15). The minimum atomic E-state index is -0.528. The van der Waals surface area contributed by atoms with E-state index in [0.717, 1.165) is 11.4 Å². The predicted octanol–water partition coefficient (Wildman–Crippen LogP) is 1.04. The maximum atomic E-state index is 11.6. The fraction of sp³-hybridized carbons (Fsp3) is 0.333. The van der Waals surface area contributed by atoms with Crippen LogP contribution in [0.1, 0.15) is 28.7 Å². The Kier molecular flexibility index (Phi) is 3.46. The van der Waals surface area contributed by atoms with E-state index >= 15 is 0 Å². The van der Waals surface area contributed by atoms with Gasteiger partial charge in [-0.15, -0.1) is 0 Å². The second-order valence-electron chi connectivity index (χ2n) is 4.03. The number of nitrogens with two attached hydrogens (primary N) is 1. The van der Waals surface area contributed by atoms with Crippen molar-refractivity contribution in [2.75, 3.05) is 12.3 Å². The molecule has 0 amide bonds. The molecule has 0 aromatic carbocycles. The van der Waals surface area contributed by atoms with E-state index in [1.807, 2.05) is 19.9 Å². The largest absolute Gasteiger partial charge is 0.462 e. The summed E-state index contributed by atoms with van der Waals surface area (Å²) in [5, 5.41) is 4.25. The zero-order valence-corrected chi connectivity index (χ0v) is 11.0. The molecule has 0 unspecified atom stereocenters. The molecule has 0 aliphatic carbocycles. The highest BCUT2D eigenvalue weighted by molar-refractivity contribution is 5.93. The number of ether oxygens (including phenoxy) is 1. The zero-order valence-electron chi connectivity index (χ0n) is 11.0. The Bertz CT molecular complexity index is 621. The number of aromatic nitrogens is 4. The number of nitrogens with zero attached hydrogens (tertiary/aromatic N) is 4. The third kappa shape index (κ3) is 2.54. The molecule has 2 aromatic rings. The highest BCUT2D eigenvalue weighted by Crippen LogP contribution is 2.13. The first-order valence-electron chi connectivity index (χ1n) is 5.86. The third-order valence-corrected chi connectivity index (χ3v) is 2.50. The lowest BCUT2D eigenvalue weighted by atomic mass is 10.3. The molecule has 0 fully saturated rings. The Hall–Kier alpha value is -2.44. The molecular formula is C12H15N5O2. The van der Waals surface area contributed by atoms with Gasteiger partial charge in [-0.05, 0) is 26.8 Å². The van der Waals surface area contributed by atoms with E-state index in [0.29, 0.717) is 5.95 Å². The second kappa shape index (κ2) is 5.05. The first-order valence-corrected chi connectivity index (χ1v) is 5.86. The van der Waals surface area contributed by atoms with Crippen LogP contribution in [-0.2, 0) is 4.74 Å². The summed E-state index contributed by atoms with van der Waals surface area (Å²) in [6.45, 7) is 5.76. The lowest BCUT2D eigenvalue weighted by Gasteiger charge is -2.06. The fourth-order valence-corrected chi connectivity index (χ4v) is 1.68. The van der Waals surface area contributed by atoms with Crippen LogP contribution in [0.2, 0.25) is 0 Å². The first-order chi connectivity index (χ1) is 9.02. The highest BCUT2D eigenvalue weighted by atomic mass is 16.5. The number of esters is 1. The minimum Gasteiger partial charge on any atom is -0.462 e. The van der Waals surface area contributed by atoms with Crippen molar-refractivity contribution in [1.29, 1.82) is 0 Å². The number of rotatable bonds is 3. The van der Waals surface area contributed by atoms with E-state index < -0.39 is 5.97 Å². The van der Waals surface area contributed by atoms with Crippen molar-refractivity contribution in [1.82, 2.24) is 19.7 Å². The molecule has 100 valence electrons. The van der Waals surface area contributed by atoms with Crippen molar-refractivity contribution in [3.63, 3.8) is 0 Å². The zero-order chi connectivity index (χ0) is 14.0. The topological polar surface area (TPSA) is 95.9 Å². The van der Waals surface area contributed by atoms with Crippen LogP contribution >= 0.6 is 0 Å². The molecule has 7 heteroatoms. The van der Waals surface area contributed by atoms with Crippen LogP contribution in [0.25, 0.3) is 5.95 Å². The Morgan fingerprint density at radius 1 is 1.47 bits per heavy atom. The summed E-state index contributed by atoms with van der Waals surface area (Å²) in [5.41, 5.74) is 7.66. The van der Waals surface area contributed by atoms with Gasteiger partial charge in [-0.3, -0.25) is 0 Å². The van der Waals surface area contributed by atoms with Gasteiger partial charge in [0.25, 0.3) is 5.95 Å². The van der Waals surface area contributed by atoms with Gasteiger partial charge >= 0.3 is 5.97 Å². The van der Waals surface area contributed by atoms with Gasteiger partial charge in [-0.1, -0.05) is 0 Å². The maximum absolute atomic E-state index is 11.6. The summed E-state index contributed by atoms with van der Waals surface area (Å²) < 4.78 is 6.43. The lowest BCUT2D eigenvalue weighted by molar-refractivity contribution is 0.0526. The molecule has 0 aliphatic heterocycles. The van der Waals surface area contributed by atoms with Gasteiger partial charge in [-0.25, -0.2) is 14.5 Å². The van der Waals surface area contributed by atoms with E-state index in [-0.39, 0.29) is 18.0 Å². The molecule has 2 N–H and O–H groups in total. The Morgan fingerprint density at radius 3 is 2.74 bits per heavy atom.